The molecule has 5 heteroatoms. The van der Waals surface area contributed by atoms with Gasteiger partial charge < -0.3 is 15.5 Å². The predicted molar refractivity (Wildman–Crippen MR) is 102 cm³/mol. The average molecular weight is 336 g/mol. The maximum Gasteiger partial charge on any atom is 0.246 e. The second-order valence-corrected chi connectivity index (χ2v) is 6.19. The molecule has 0 spiro atoms. The molecule has 1 aliphatic heterocycles. The highest BCUT2D eigenvalue weighted by molar-refractivity contribution is 5.98. The number of guanidine groups is 1. The van der Waals surface area contributed by atoms with Crippen molar-refractivity contribution < 1.29 is 4.79 Å². The van der Waals surface area contributed by atoms with Gasteiger partial charge in [0.2, 0.25) is 5.91 Å². The summed E-state index contributed by atoms with van der Waals surface area (Å²) >= 11 is 0. The van der Waals surface area contributed by atoms with E-state index in [0.29, 0.717) is 12.5 Å². The molecule has 0 saturated carbocycles. The second kappa shape index (κ2) is 7.83. The lowest BCUT2D eigenvalue weighted by Gasteiger charge is -2.19. The van der Waals surface area contributed by atoms with E-state index in [4.69, 9.17) is 0 Å². The SMILES string of the molecule is CN=C(NCC(=O)N1CCc2ccccc21)NCc1ccc(C)cc1. The molecular weight excluding hydrogens is 312 g/mol. The van der Waals surface area contributed by atoms with E-state index in [1.807, 2.05) is 23.1 Å². The number of hydrogen-bond acceptors (Lipinski definition) is 2. The van der Waals surface area contributed by atoms with Crippen LogP contribution in [0.4, 0.5) is 5.69 Å². The van der Waals surface area contributed by atoms with Crippen molar-refractivity contribution in [1.29, 1.82) is 0 Å². The van der Waals surface area contributed by atoms with Crippen LogP contribution in [0, 0.1) is 6.92 Å². The molecule has 0 saturated heterocycles. The highest BCUT2D eigenvalue weighted by atomic mass is 16.2. The Hall–Kier alpha value is -2.82. The van der Waals surface area contributed by atoms with E-state index in [-0.39, 0.29) is 12.5 Å². The van der Waals surface area contributed by atoms with E-state index < -0.39 is 0 Å². The van der Waals surface area contributed by atoms with Gasteiger partial charge in [-0.2, -0.15) is 0 Å². The number of anilines is 1. The van der Waals surface area contributed by atoms with Crippen molar-refractivity contribution in [3.63, 3.8) is 0 Å². The Kier molecular flexibility index (Phi) is 5.33. The third-order valence-electron chi connectivity index (χ3n) is 4.40. The van der Waals surface area contributed by atoms with Crippen LogP contribution in [0.5, 0.6) is 0 Å². The molecule has 1 amide bonds. The van der Waals surface area contributed by atoms with Gasteiger partial charge in [0.15, 0.2) is 5.96 Å². The third kappa shape index (κ3) is 4.18. The first-order valence-corrected chi connectivity index (χ1v) is 8.55. The van der Waals surface area contributed by atoms with Crippen LogP contribution in [0.1, 0.15) is 16.7 Å². The molecule has 130 valence electrons. The van der Waals surface area contributed by atoms with Crippen molar-refractivity contribution in [2.75, 3.05) is 25.0 Å². The Morgan fingerprint density at radius 1 is 1.12 bits per heavy atom. The summed E-state index contributed by atoms with van der Waals surface area (Å²) < 4.78 is 0. The van der Waals surface area contributed by atoms with Crippen LogP contribution in [0.2, 0.25) is 0 Å². The van der Waals surface area contributed by atoms with Gasteiger partial charge in [0.1, 0.15) is 0 Å². The number of para-hydroxylation sites is 1. The van der Waals surface area contributed by atoms with Crippen LogP contribution in [-0.2, 0) is 17.8 Å². The van der Waals surface area contributed by atoms with Crippen molar-refractivity contribution in [3.05, 3.63) is 65.2 Å². The van der Waals surface area contributed by atoms with E-state index in [2.05, 4.69) is 52.9 Å². The Morgan fingerprint density at radius 3 is 2.64 bits per heavy atom. The van der Waals surface area contributed by atoms with Gasteiger partial charge in [-0.15, -0.1) is 0 Å². The lowest BCUT2D eigenvalue weighted by Crippen LogP contribution is -2.44. The summed E-state index contributed by atoms with van der Waals surface area (Å²) in [5.74, 6) is 0.685. The number of fused-ring (bicyclic) bond motifs is 1. The number of carbonyl (C=O) groups excluding carboxylic acids is 1. The van der Waals surface area contributed by atoms with Crippen molar-refractivity contribution in [1.82, 2.24) is 10.6 Å². The highest BCUT2D eigenvalue weighted by Gasteiger charge is 2.23. The van der Waals surface area contributed by atoms with Gasteiger partial charge in [-0.05, 0) is 30.5 Å². The lowest BCUT2D eigenvalue weighted by molar-refractivity contribution is -0.117. The smallest absolute Gasteiger partial charge is 0.246 e. The molecule has 0 unspecified atom stereocenters. The molecule has 5 nitrogen and oxygen atoms in total. The van der Waals surface area contributed by atoms with Crippen LogP contribution in [0.15, 0.2) is 53.5 Å². The van der Waals surface area contributed by atoms with Gasteiger partial charge in [0.05, 0.1) is 6.54 Å². The van der Waals surface area contributed by atoms with Gasteiger partial charge in [0, 0.05) is 25.8 Å². The molecule has 25 heavy (non-hydrogen) atoms. The number of aliphatic imine (C=N–C) groups is 1. The summed E-state index contributed by atoms with van der Waals surface area (Å²) in [7, 11) is 1.71. The van der Waals surface area contributed by atoms with E-state index in [0.717, 1.165) is 18.7 Å². The first kappa shape index (κ1) is 17.0. The molecule has 0 aromatic heterocycles. The number of nitrogens with one attached hydrogen (secondary N) is 2. The fraction of sp³-hybridized carbons (Fsp3) is 0.300. The Bertz CT molecular complexity index is 768. The number of hydrogen-bond donors (Lipinski definition) is 2. The maximum atomic E-state index is 12.5. The molecule has 1 heterocycles. The molecular formula is C20H24N4O. The van der Waals surface area contributed by atoms with E-state index in [1.165, 1.54) is 16.7 Å². The largest absolute Gasteiger partial charge is 0.352 e. The van der Waals surface area contributed by atoms with E-state index >= 15 is 0 Å². The molecule has 0 radical (unpaired) electrons. The minimum atomic E-state index is 0.0586. The fourth-order valence-corrected chi connectivity index (χ4v) is 2.96. The molecule has 0 aliphatic carbocycles. The summed E-state index contributed by atoms with van der Waals surface area (Å²) in [6.45, 7) is 3.71. The summed E-state index contributed by atoms with van der Waals surface area (Å²) in [6, 6.07) is 16.4. The van der Waals surface area contributed by atoms with Crippen LogP contribution >= 0.6 is 0 Å². The second-order valence-electron chi connectivity index (χ2n) is 6.19. The number of amides is 1. The molecule has 0 atom stereocenters. The quantitative estimate of drug-likeness (QED) is 0.665. The first-order chi connectivity index (χ1) is 12.2. The number of benzene rings is 2. The zero-order valence-corrected chi connectivity index (χ0v) is 14.7. The Balaban J connectivity index is 1.51. The Labute approximate surface area is 148 Å². The molecule has 0 fully saturated rings. The van der Waals surface area contributed by atoms with Crippen molar-refractivity contribution in [3.8, 4) is 0 Å². The summed E-state index contributed by atoms with van der Waals surface area (Å²) in [5.41, 5.74) is 4.67. The summed E-state index contributed by atoms with van der Waals surface area (Å²) in [6.07, 6.45) is 0.919. The standard InChI is InChI=1S/C20H24N4O/c1-15-7-9-16(10-8-15)13-22-20(21-2)23-14-19(25)24-12-11-17-5-3-4-6-18(17)24/h3-10H,11-14H2,1-2H3,(H2,21,22,23). The number of rotatable bonds is 4. The third-order valence-corrected chi connectivity index (χ3v) is 4.40. The van der Waals surface area contributed by atoms with Crippen molar-refractivity contribution >= 4 is 17.6 Å². The minimum absolute atomic E-state index is 0.0586. The van der Waals surface area contributed by atoms with E-state index in [9.17, 15) is 4.79 Å². The molecule has 3 rings (SSSR count). The zero-order valence-electron chi connectivity index (χ0n) is 14.7. The topological polar surface area (TPSA) is 56.7 Å². The van der Waals surface area contributed by atoms with Crippen molar-refractivity contribution in [2.45, 2.75) is 19.9 Å². The van der Waals surface area contributed by atoms with E-state index in [1.54, 1.807) is 7.05 Å². The number of nitrogens with zero attached hydrogens (tertiary/aromatic N) is 2. The normalized spacial score (nSPS) is 13.5. The summed E-state index contributed by atoms with van der Waals surface area (Å²) in [5, 5.41) is 6.34. The number of aryl methyl sites for hydroxylation is 1. The van der Waals surface area contributed by atoms with Gasteiger partial charge in [-0.25, -0.2) is 0 Å². The van der Waals surface area contributed by atoms with Crippen LogP contribution in [-0.4, -0.2) is 32.0 Å². The van der Waals surface area contributed by atoms with Gasteiger partial charge >= 0.3 is 0 Å². The van der Waals surface area contributed by atoms with Crippen molar-refractivity contribution in [2.24, 2.45) is 4.99 Å². The molecule has 1 aliphatic rings. The van der Waals surface area contributed by atoms with Gasteiger partial charge in [-0.1, -0.05) is 48.0 Å². The molecule has 2 aromatic rings. The van der Waals surface area contributed by atoms with Crippen LogP contribution in [0.3, 0.4) is 0 Å². The number of carbonyl (C=O) groups is 1. The average Bonchev–Trinajstić information content (AvgIpc) is 3.07. The highest BCUT2D eigenvalue weighted by Crippen LogP contribution is 2.27. The monoisotopic (exact) mass is 336 g/mol. The maximum absolute atomic E-state index is 12.5. The van der Waals surface area contributed by atoms with Gasteiger partial charge in [0.25, 0.3) is 0 Å². The zero-order chi connectivity index (χ0) is 17.6. The molecule has 2 N–H and O–H groups in total. The Morgan fingerprint density at radius 2 is 1.88 bits per heavy atom. The van der Waals surface area contributed by atoms with Crippen LogP contribution < -0.4 is 15.5 Å². The predicted octanol–water partition coefficient (Wildman–Crippen LogP) is 2.25. The fourth-order valence-electron chi connectivity index (χ4n) is 2.96. The minimum Gasteiger partial charge on any atom is -0.352 e. The van der Waals surface area contributed by atoms with Crippen LogP contribution in [0.25, 0.3) is 0 Å². The molecule has 2 aromatic carbocycles. The first-order valence-electron chi connectivity index (χ1n) is 8.55. The lowest BCUT2D eigenvalue weighted by atomic mass is 10.1. The molecule has 0 bridgehead atoms. The van der Waals surface area contributed by atoms with Gasteiger partial charge in [-0.3, -0.25) is 9.79 Å². The summed E-state index contributed by atoms with van der Waals surface area (Å²) in [4.78, 5) is 18.6.